The van der Waals surface area contributed by atoms with E-state index in [0.717, 1.165) is 0 Å². The minimum absolute atomic E-state index is 0.190. The average molecular weight is 305 g/mol. The zero-order chi connectivity index (χ0) is 16.1. The Morgan fingerprint density at radius 2 is 2.09 bits per heavy atom. The molecule has 22 heavy (non-hydrogen) atoms. The molecule has 6 nitrogen and oxygen atoms in total. The highest BCUT2D eigenvalue weighted by Gasteiger charge is 2.18. The van der Waals surface area contributed by atoms with Crippen molar-refractivity contribution in [3.63, 3.8) is 0 Å². The van der Waals surface area contributed by atoms with Gasteiger partial charge in [-0.15, -0.1) is 0 Å². The maximum Gasteiger partial charge on any atom is 0.341 e. The van der Waals surface area contributed by atoms with Crippen LogP contribution in [0.15, 0.2) is 36.7 Å². The largest absolute Gasteiger partial charge is 0.462 e. The van der Waals surface area contributed by atoms with Crippen LogP contribution in [0.1, 0.15) is 17.3 Å². The third-order valence-electron chi connectivity index (χ3n) is 2.90. The Labute approximate surface area is 126 Å². The van der Waals surface area contributed by atoms with E-state index < -0.39 is 17.8 Å². The molecular formula is C15H16FN3O3. The van der Waals surface area contributed by atoms with Crippen molar-refractivity contribution in [1.82, 2.24) is 9.88 Å². The summed E-state index contributed by atoms with van der Waals surface area (Å²) >= 11 is 0. The molecule has 0 radical (unpaired) electrons. The van der Waals surface area contributed by atoms with Crippen LogP contribution in [0.25, 0.3) is 5.69 Å². The summed E-state index contributed by atoms with van der Waals surface area (Å²) in [5, 5.41) is 4.94. The predicted molar refractivity (Wildman–Crippen MR) is 79.8 cm³/mol. The van der Waals surface area contributed by atoms with Gasteiger partial charge in [-0.1, -0.05) is 6.07 Å². The van der Waals surface area contributed by atoms with E-state index in [1.807, 2.05) is 0 Å². The summed E-state index contributed by atoms with van der Waals surface area (Å²) in [5.41, 5.74) is 0.993. The molecule has 0 spiro atoms. The van der Waals surface area contributed by atoms with Crippen LogP contribution in [0.2, 0.25) is 0 Å². The number of aromatic nitrogens is 1. The lowest BCUT2D eigenvalue weighted by Crippen LogP contribution is -2.25. The quantitative estimate of drug-likeness (QED) is 0.853. The van der Waals surface area contributed by atoms with E-state index in [1.165, 1.54) is 31.6 Å². The van der Waals surface area contributed by atoms with Crippen molar-refractivity contribution in [2.45, 2.75) is 6.92 Å². The van der Waals surface area contributed by atoms with E-state index in [1.54, 1.807) is 23.6 Å². The van der Waals surface area contributed by atoms with Gasteiger partial charge in [0, 0.05) is 25.1 Å². The third kappa shape index (κ3) is 3.43. The van der Waals surface area contributed by atoms with Crippen LogP contribution in [-0.4, -0.2) is 30.2 Å². The van der Waals surface area contributed by atoms with Crippen LogP contribution in [0, 0.1) is 5.82 Å². The Bertz CT molecular complexity index is 697. The second-order valence-corrected chi connectivity index (χ2v) is 4.40. The van der Waals surface area contributed by atoms with Crippen LogP contribution in [0.4, 0.5) is 14.9 Å². The Hall–Kier alpha value is -2.83. The highest BCUT2D eigenvalue weighted by atomic mass is 19.1. The first-order chi connectivity index (χ1) is 10.5. The van der Waals surface area contributed by atoms with E-state index >= 15 is 0 Å². The zero-order valence-electron chi connectivity index (χ0n) is 12.2. The summed E-state index contributed by atoms with van der Waals surface area (Å²) in [7, 11) is 1.46. The lowest BCUT2D eigenvalue weighted by Gasteiger charge is -2.04. The van der Waals surface area contributed by atoms with Gasteiger partial charge in [0.05, 0.1) is 12.3 Å². The molecule has 1 heterocycles. The van der Waals surface area contributed by atoms with E-state index in [2.05, 4.69) is 10.6 Å². The zero-order valence-corrected chi connectivity index (χ0v) is 12.2. The minimum atomic E-state index is -0.566. The molecular weight excluding hydrogens is 289 g/mol. The smallest absolute Gasteiger partial charge is 0.341 e. The van der Waals surface area contributed by atoms with Crippen LogP contribution in [0.5, 0.6) is 0 Å². The van der Waals surface area contributed by atoms with Crippen molar-refractivity contribution in [3.05, 3.63) is 48.0 Å². The average Bonchev–Trinajstić information content (AvgIpc) is 2.91. The molecule has 0 aliphatic rings. The molecule has 2 N–H and O–H groups in total. The molecule has 116 valence electrons. The van der Waals surface area contributed by atoms with Crippen LogP contribution >= 0.6 is 0 Å². The maximum absolute atomic E-state index is 13.3. The number of halogens is 1. The predicted octanol–water partition coefficient (Wildman–Crippen LogP) is 2.54. The summed E-state index contributed by atoms with van der Waals surface area (Å²) in [4.78, 5) is 23.4. The second kappa shape index (κ2) is 6.75. The number of nitrogens with one attached hydrogen (secondary N) is 2. The minimum Gasteiger partial charge on any atom is -0.462 e. The topological polar surface area (TPSA) is 72.4 Å². The molecule has 2 aromatic rings. The number of esters is 1. The Balaban J connectivity index is 2.42. The van der Waals surface area contributed by atoms with Crippen molar-refractivity contribution in [2.24, 2.45) is 0 Å². The number of benzene rings is 1. The lowest BCUT2D eigenvalue weighted by atomic mass is 10.3. The van der Waals surface area contributed by atoms with Gasteiger partial charge in [-0.2, -0.15) is 0 Å². The molecule has 2 rings (SSSR count). The summed E-state index contributed by atoms with van der Waals surface area (Å²) < 4.78 is 19.8. The number of anilines is 1. The molecule has 0 saturated heterocycles. The molecule has 7 heteroatoms. The highest BCUT2D eigenvalue weighted by Crippen LogP contribution is 2.22. The number of urea groups is 1. The first-order valence-corrected chi connectivity index (χ1v) is 6.69. The van der Waals surface area contributed by atoms with E-state index in [4.69, 9.17) is 4.74 Å². The van der Waals surface area contributed by atoms with E-state index in [0.29, 0.717) is 5.69 Å². The number of nitrogens with zero attached hydrogens (tertiary/aromatic N) is 1. The number of hydrogen-bond donors (Lipinski definition) is 2. The summed E-state index contributed by atoms with van der Waals surface area (Å²) in [5.74, 6) is -0.964. The molecule has 0 fully saturated rings. The molecule has 2 amide bonds. The van der Waals surface area contributed by atoms with Gasteiger partial charge in [-0.05, 0) is 25.1 Å². The molecule has 0 bridgehead atoms. The lowest BCUT2D eigenvalue weighted by molar-refractivity contribution is 0.0527. The molecule has 0 saturated carbocycles. The van der Waals surface area contributed by atoms with Gasteiger partial charge in [0.25, 0.3) is 0 Å². The Kier molecular flexibility index (Phi) is 4.77. The number of carbonyl (C=O) groups is 2. The number of ether oxygens (including phenoxy) is 1. The molecule has 0 aliphatic carbocycles. The van der Waals surface area contributed by atoms with Gasteiger partial charge in [0.2, 0.25) is 0 Å². The molecule has 1 aromatic carbocycles. The van der Waals surface area contributed by atoms with Crippen molar-refractivity contribution in [1.29, 1.82) is 0 Å². The number of hydrogen-bond acceptors (Lipinski definition) is 3. The fourth-order valence-corrected chi connectivity index (χ4v) is 1.90. The first kappa shape index (κ1) is 15.6. The van der Waals surface area contributed by atoms with Crippen LogP contribution in [0.3, 0.4) is 0 Å². The number of carbonyl (C=O) groups excluding carboxylic acids is 2. The summed E-state index contributed by atoms with van der Waals surface area (Å²) in [6.45, 7) is 1.90. The van der Waals surface area contributed by atoms with Gasteiger partial charge < -0.3 is 19.9 Å². The molecule has 0 unspecified atom stereocenters. The number of amides is 2. The molecule has 1 aromatic heterocycles. The second-order valence-electron chi connectivity index (χ2n) is 4.40. The van der Waals surface area contributed by atoms with Crippen molar-refractivity contribution in [2.75, 3.05) is 19.0 Å². The van der Waals surface area contributed by atoms with Crippen LogP contribution in [-0.2, 0) is 4.74 Å². The van der Waals surface area contributed by atoms with Gasteiger partial charge in [-0.3, -0.25) is 0 Å². The van der Waals surface area contributed by atoms with Gasteiger partial charge >= 0.3 is 12.0 Å². The third-order valence-corrected chi connectivity index (χ3v) is 2.90. The number of rotatable bonds is 4. The van der Waals surface area contributed by atoms with Crippen molar-refractivity contribution in [3.8, 4) is 5.69 Å². The van der Waals surface area contributed by atoms with Crippen LogP contribution < -0.4 is 10.6 Å². The van der Waals surface area contributed by atoms with E-state index in [-0.39, 0.29) is 17.9 Å². The first-order valence-electron chi connectivity index (χ1n) is 6.69. The van der Waals surface area contributed by atoms with Gasteiger partial charge in [0.1, 0.15) is 11.4 Å². The van der Waals surface area contributed by atoms with Gasteiger partial charge in [-0.25, -0.2) is 14.0 Å². The standard InChI is InChI=1S/C15H16FN3O3/c1-3-22-14(20)12-8-19(9-13(12)18-15(21)17-2)11-6-4-5-10(16)7-11/h4-9H,3H2,1-2H3,(H2,17,18,21). The monoisotopic (exact) mass is 305 g/mol. The van der Waals surface area contributed by atoms with E-state index in [9.17, 15) is 14.0 Å². The Morgan fingerprint density at radius 1 is 1.32 bits per heavy atom. The normalized spacial score (nSPS) is 10.1. The van der Waals surface area contributed by atoms with Crippen molar-refractivity contribution < 1.29 is 18.7 Å². The fourth-order valence-electron chi connectivity index (χ4n) is 1.90. The summed E-state index contributed by atoms with van der Waals surface area (Å²) in [6.07, 6.45) is 3.01. The van der Waals surface area contributed by atoms with Gasteiger partial charge in [0.15, 0.2) is 0 Å². The molecule has 0 aliphatic heterocycles. The SMILES string of the molecule is CCOC(=O)c1cn(-c2cccc(F)c2)cc1NC(=O)NC. The highest BCUT2D eigenvalue weighted by molar-refractivity contribution is 6.00. The maximum atomic E-state index is 13.3. The Morgan fingerprint density at radius 3 is 2.73 bits per heavy atom. The molecule has 0 atom stereocenters. The summed E-state index contributed by atoms with van der Waals surface area (Å²) in [6, 6.07) is 5.41. The fraction of sp³-hybridized carbons (Fsp3) is 0.200. The van der Waals surface area contributed by atoms with Crippen molar-refractivity contribution >= 4 is 17.7 Å².